The number of carbonyl (C=O) groups is 3. The predicted molar refractivity (Wildman–Crippen MR) is 170 cm³/mol. The Hall–Kier alpha value is -4.54. The molecule has 0 aliphatic rings. The Morgan fingerprint density at radius 1 is 0.833 bits per heavy atom. The summed E-state index contributed by atoms with van der Waals surface area (Å²) in [6.07, 6.45) is 1.61. The molecular formula is C32H28BrN3O5S. The SMILES string of the molecule is COc1ccc(NC(=O)CSc2ccc(NC(=O)/C(=C/c3cccc(Br)c3)NC(=O)c3ccccc3)cc2)c(OC)c1. The molecule has 0 radical (unpaired) electrons. The van der Waals surface area contributed by atoms with Crippen LogP contribution in [0.2, 0.25) is 0 Å². The number of halogens is 1. The highest BCUT2D eigenvalue weighted by atomic mass is 79.9. The first kappa shape index (κ1) is 30.4. The maximum Gasteiger partial charge on any atom is 0.272 e. The summed E-state index contributed by atoms with van der Waals surface area (Å²) >= 11 is 4.78. The standard InChI is InChI=1S/C32H28BrN3O5S/c1-40-25-13-16-27(29(19-25)41-2)35-30(37)20-42-26-14-11-24(12-15-26)34-32(39)28(18-21-7-6-10-23(33)17-21)36-31(38)22-8-4-3-5-9-22/h3-19H,20H2,1-2H3,(H,34,39)(H,35,37)(H,36,38)/b28-18-. The highest BCUT2D eigenvalue weighted by molar-refractivity contribution is 9.10. The van der Waals surface area contributed by atoms with Crippen LogP contribution in [0.5, 0.6) is 11.5 Å². The van der Waals surface area contributed by atoms with Crippen LogP contribution in [0.15, 0.2) is 112 Å². The molecule has 3 amide bonds. The van der Waals surface area contributed by atoms with E-state index in [0.29, 0.717) is 28.4 Å². The van der Waals surface area contributed by atoms with E-state index < -0.39 is 11.8 Å². The minimum Gasteiger partial charge on any atom is -0.497 e. The van der Waals surface area contributed by atoms with Gasteiger partial charge in [-0.3, -0.25) is 14.4 Å². The molecule has 0 spiro atoms. The van der Waals surface area contributed by atoms with Gasteiger partial charge in [-0.1, -0.05) is 46.3 Å². The Morgan fingerprint density at radius 2 is 1.60 bits per heavy atom. The van der Waals surface area contributed by atoms with Crippen molar-refractivity contribution in [3.05, 3.63) is 118 Å². The number of anilines is 2. The van der Waals surface area contributed by atoms with Gasteiger partial charge in [-0.05, 0) is 72.3 Å². The van der Waals surface area contributed by atoms with E-state index in [1.807, 2.05) is 42.5 Å². The topological polar surface area (TPSA) is 106 Å². The second-order valence-electron chi connectivity index (χ2n) is 8.81. The summed E-state index contributed by atoms with van der Waals surface area (Å²) in [7, 11) is 3.08. The molecular weight excluding hydrogens is 618 g/mol. The Bertz CT molecular complexity index is 1590. The summed E-state index contributed by atoms with van der Waals surface area (Å²) in [4.78, 5) is 39.5. The van der Waals surface area contributed by atoms with Gasteiger partial charge in [0, 0.05) is 26.7 Å². The maximum absolute atomic E-state index is 13.3. The predicted octanol–water partition coefficient (Wildman–Crippen LogP) is 6.61. The van der Waals surface area contributed by atoms with Crippen molar-refractivity contribution in [2.24, 2.45) is 0 Å². The van der Waals surface area contributed by atoms with Crippen molar-refractivity contribution < 1.29 is 23.9 Å². The highest BCUT2D eigenvalue weighted by Crippen LogP contribution is 2.29. The summed E-state index contributed by atoms with van der Waals surface area (Å²) in [6.45, 7) is 0. The van der Waals surface area contributed by atoms with Crippen LogP contribution in [-0.2, 0) is 9.59 Å². The molecule has 3 N–H and O–H groups in total. The molecule has 0 saturated heterocycles. The monoisotopic (exact) mass is 645 g/mol. The molecule has 0 fully saturated rings. The fourth-order valence-electron chi connectivity index (χ4n) is 3.78. The first-order chi connectivity index (χ1) is 20.3. The molecule has 4 aromatic rings. The van der Waals surface area contributed by atoms with Gasteiger partial charge in [0.2, 0.25) is 5.91 Å². The van der Waals surface area contributed by atoms with Crippen LogP contribution in [0.4, 0.5) is 11.4 Å². The second kappa shape index (κ2) is 14.9. The number of hydrogen-bond donors (Lipinski definition) is 3. The van der Waals surface area contributed by atoms with E-state index in [1.165, 1.54) is 18.9 Å². The summed E-state index contributed by atoms with van der Waals surface area (Å²) in [5.41, 5.74) is 2.34. The van der Waals surface area contributed by atoms with Gasteiger partial charge < -0.3 is 25.4 Å². The van der Waals surface area contributed by atoms with Crippen molar-refractivity contribution in [2.75, 3.05) is 30.6 Å². The average Bonchev–Trinajstić information content (AvgIpc) is 3.01. The van der Waals surface area contributed by atoms with Crippen molar-refractivity contribution in [3.63, 3.8) is 0 Å². The molecule has 0 atom stereocenters. The number of ether oxygens (including phenoxy) is 2. The Balaban J connectivity index is 1.39. The van der Waals surface area contributed by atoms with E-state index in [4.69, 9.17) is 9.47 Å². The summed E-state index contributed by atoms with van der Waals surface area (Å²) in [6, 6.07) is 28.3. The molecule has 0 heterocycles. The first-order valence-corrected chi connectivity index (χ1v) is 14.5. The molecule has 0 unspecified atom stereocenters. The van der Waals surface area contributed by atoms with Gasteiger partial charge in [0.1, 0.15) is 17.2 Å². The van der Waals surface area contributed by atoms with Crippen molar-refractivity contribution >= 4 is 62.9 Å². The van der Waals surface area contributed by atoms with Gasteiger partial charge in [-0.25, -0.2) is 0 Å². The number of methoxy groups -OCH3 is 2. The number of hydrogen-bond acceptors (Lipinski definition) is 6. The summed E-state index contributed by atoms with van der Waals surface area (Å²) in [5.74, 6) is 0.224. The van der Waals surface area contributed by atoms with Crippen LogP contribution < -0.4 is 25.4 Å². The smallest absolute Gasteiger partial charge is 0.272 e. The Labute approximate surface area is 256 Å². The molecule has 0 aromatic heterocycles. The quantitative estimate of drug-likeness (QED) is 0.125. The minimum absolute atomic E-state index is 0.0889. The molecule has 0 bridgehead atoms. The van der Waals surface area contributed by atoms with Gasteiger partial charge in [-0.2, -0.15) is 0 Å². The van der Waals surface area contributed by atoms with Crippen LogP contribution >= 0.6 is 27.7 Å². The van der Waals surface area contributed by atoms with Crippen LogP contribution in [0.1, 0.15) is 15.9 Å². The Kier molecular flexibility index (Phi) is 10.8. The van der Waals surface area contributed by atoms with Crippen LogP contribution in [0.3, 0.4) is 0 Å². The number of amides is 3. The van der Waals surface area contributed by atoms with E-state index in [0.717, 1.165) is 14.9 Å². The number of benzene rings is 4. The molecule has 42 heavy (non-hydrogen) atoms. The number of carbonyl (C=O) groups excluding carboxylic acids is 3. The van der Waals surface area contributed by atoms with Gasteiger partial charge in [0.15, 0.2) is 0 Å². The van der Waals surface area contributed by atoms with Crippen molar-refractivity contribution in [2.45, 2.75) is 4.90 Å². The van der Waals surface area contributed by atoms with Crippen LogP contribution in [0, 0.1) is 0 Å². The lowest BCUT2D eigenvalue weighted by molar-refractivity contribution is -0.114. The Morgan fingerprint density at radius 3 is 2.29 bits per heavy atom. The lowest BCUT2D eigenvalue weighted by Gasteiger charge is -2.12. The molecule has 0 aliphatic heterocycles. The third-order valence-corrected chi connectivity index (χ3v) is 7.36. The van der Waals surface area contributed by atoms with E-state index in [1.54, 1.807) is 67.8 Å². The number of thioether (sulfide) groups is 1. The molecule has 8 nitrogen and oxygen atoms in total. The fourth-order valence-corrected chi connectivity index (χ4v) is 4.89. The number of rotatable bonds is 11. The zero-order valence-corrected chi connectivity index (χ0v) is 25.3. The third-order valence-electron chi connectivity index (χ3n) is 5.85. The van der Waals surface area contributed by atoms with Gasteiger partial charge in [-0.15, -0.1) is 11.8 Å². The largest absolute Gasteiger partial charge is 0.497 e. The number of nitrogens with one attached hydrogen (secondary N) is 3. The average molecular weight is 647 g/mol. The zero-order valence-electron chi connectivity index (χ0n) is 22.8. The summed E-state index contributed by atoms with van der Waals surface area (Å²) in [5, 5.41) is 8.41. The van der Waals surface area contributed by atoms with Crippen LogP contribution in [0.25, 0.3) is 6.08 Å². The van der Waals surface area contributed by atoms with E-state index in [2.05, 4.69) is 31.9 Å². The van der Waals surface area contributed by atoms with Crippen LogP contribution in [-0.4, -0.2) is 37.7 Å². The lowest BCUT2D eigenvalue weighted by atomic mass is 10.1. The molecule has 0 saturated carbocycles. The highest BCUT2D eigenvalue weighted by Gasteiger charge is 2.16. The molecule has 0 aliphatic carbocycles. The van der Waals surface area contributed by atoms with Gasteiger partial charge in [0.25, 0.3) is 11.8 Å². The maximum atomic E-state index is 13.3. The lowest BCUT2D eigenvalue weighted by Crippen LogP contribution is -2.30. The van der Waals surface area contributed by atoms with Crippen molar-refractivity contribution in [1.82, 2.24) is 5.32 Å². The third kappa shape index (κ3) is 8.73. The van der Waals surface area contributed by atoms with E-state index in [-0.39, 0.29) is 17.4 Å². The first-order valence-electron chi connectivity index (χ1n) is 12.7. The van der Waals surface area contributed by atoms with E-state index in [9.17, 15) is 14.4 Å². The molecule has 10 heteroatoms. The van der Waals surface area contributed by atoms with Crippen molar-refractivity contribution in [1.29, 1.82) is 0 Å². The second-order valence-corrected chi connectivity index (χ2v) is 10.8. The molecule has 4 rings (SSSR count). The minimum atomic E-state index is -0.479. The van der Waals surface area contributed by atoms with Crippen molar-refractivity contribution in [3.8, 4) is 11.5 Å². The normalized spacial score (nSPS) is 10.9. The fraction of sp³-hybridized carbons (Fsp3) is 0.0938. The van der Waals surface area contributed by atoms with Gasteiger partial charge >= 0.3 is 0 Å². The zero-order chi connectivity index (χ0) is 29.9. The molecule has 4 aromatic carbocycles. The van der Waals surface area contributed by atoms with Gasteiger partial charge in [0.05, 0.1) is 25.7 Å². The summed E-state index contributed by atoms with van der Waals surface area (Å²) < 4.78 is 11.4. The molecule has 214 valence electrons. The van der Waals surface area contributed by atoms with E-state index >= 15 is 0 Å².